The van der Waals surface area contributed by atoms with Gasteiger partial charge in [0, 0.05) is 6.42 Å². The average Bonchev–Trinajstić information content (AvgIpc) is 2.38. The van der Waals surface area contributed by atoms with Crippen molar-refractivity contribution in [3.05, 3.63) is 42.5 Å². The second-order valence-electron chi connectivity index (χ2n) is 3.78. The van der Waals surface area contributed by atoms with E-state index in [9.17, 15) is 4.79 Å². The highest BCUT2D eigenvalue weighted by Crippen LogP contribution is 2.20. The van der Waals surface area contributed by atoms with Gasteiger partial charge in [-0.3, -0.25) is 4.79 Å². The molecule has 0 aliphatic carbocycles. The van der Waals surface area contributed by atoms with Gasteiger partial charge in [-0.25, -0.2) is 0 Å². The van der Waals surface area contributed by atoms with Crippen LogP contribution in [0.5, 0.6) is 5.75 Å². The Bertz CT molecular complexity index is 522. The van der Waals surface area contributed by atoms with E-state index < -0.39 is 0 Å². The van der Waals surface area contributed by atoms with Crippen molar-refractivity contribution in [1.29, 1.82) is 0 Å². The van der Waals surface area contributed by atoms with E-state index in [2.05, 4.69) is 6.07 Å². The molecule has 2 rings (SSSR count). The second kappa shape index (κ2) is 5.69. The summed E-state index contributed by atoms with van der Waals surface area (Å²) in [5.41, 5.74) is 0. The summed E-state index contributed by atoms with van der Waals surface area (Å²) >= 11 is 5.41. The molecule has 0 radical (unpaired) electrons. The van der Waals surface area contributed by atoms with Gasteiger partial charge in [0.2, 0.25) is 0 Å². The van der Waals surface area contributed by atoms with Crippen LogP contribution in [0.4, 0.5) is 0 Å². The van der Waals surface area contributed by atoms with Crippen LogP contribution in [0.3, 0.4) is 0 Å². The molecule has 0 fully saturated rings. The van der Waals surface area contributed by atoms with Crippen LogP contribution in [0.2, 0.25) is 0 Å². The van der Waals surface area contributed by atoms with Crippen molar-refractivity contribution in [2.24, 2.45) is 0 Å². The number of Topliss-reactive ketones (excluding diaryl/α,β-unsaturated/α-hetero) is 1. The van der Waals surface area contributed by atoms with Crippen molar-refractivity contribution in [2.75, 3.05) is 12.5 Å². The summed E-state index contributed by atoms with van der Waals surface area (Å²) < 4.78 is 5.51. The molecule has 17 heavy (non-hydrogen) atoms. The number of ether oxygens (including phenoxy) is 1. The van der Waals surface area contributed by atoms with Crippen LogP contribution in [-0.4, -0.2) is 18.3 Å². The molecular weight excluding hydrogens is 236 g/mol. The minimum Gasteiger partial charge on any atom is -0.493 e. The van der Waals surface area contributed by atoms with Gasteiger partial charge in [-0.15, -0.1) is 11.6 Å². The summed E-state index contributed by atoms with van der Waals surface area (Å²) in [5, 5.41) is 2.31. The zero-order chi connectivity index (χ0) is 12.1. The topological polar surface area (TPSA) is 26.3 Å². The number of fused-ring (bicyclic) bond motifs is 1. The van der Waals surface area contributed by atoms with E-state index in [-0.39, 0.29) is 11.7 Å². The fraction of sp³-hybridized carbons (Fsp3) is 0.214. The van der Waals surface area contributed by atoms with E-state index in [0.717, 1.165) is 11.1 Å². The Hall–Kier alpha value is -1.54. The molecule has 2 aromatic carbocycles. The molecule has 0 bridgehead atoms. The lowest BCUT2D eigenvalue weighted by atomic mass is 10.1. The van der Waals surface area contributed by atoms with E-state index in [1.165, 1.54) is 5.39 Å². The summed E-state index contributed by atoms with van der Waals surface area (Å²) in [4.78, 5) is 11.0. The van der Waals surface area contributed by atoms with Gasteiger partial charge in [0.25, 0.3) is 0 Å². The number of carbonyl (C=O) groups is 1. The van der Waals surface area contributed by atoms with Gasteiger partial charge < -0.3 is 4.74 Å². The Morgan fingerprint density at radius 3 is 2.65 bits per heavy atom. The fourth-order valence-corrected chi connectivity index (χ4v) is 1.74. The third-order valence-corrected chi connectivity index (χ3v) is 2.82. The molecule has 0 atom stereocenters. The first-order chi connectivity index (χ1) is 8.29. The van der Waals surface area contributed by atoms with Crippen LogP contribution in [0.15, 0.2) is 42.5 Å². The summed E-state index contributed by atoms with van der Waals surface area (Å²) in [6, 6.07) is 14.0. The van der Waals surface area contributed by atoms with Crippen LogP contribution >= 0.6 is 11.6 Å². The molecule has 0 aromatic heterocycles. The number of ketones is 1. The third-order valence-electron chi connectivity index (χ3n) is 2.52. The Morgan fingerprint density at radius 1 is 1.12 bits per heavy atom. The number of hydrogen-bond donors (Lipinski definition) is 0. The molecule has 0 N–H and O–H groups in total. The predicted molar refractivity (Wildman–Crippen MR) is 69.8 cm³/mol. The number of carbonyl (C=O) groups excluding carboxylic acids is 1. The van der Waals surface area contributed by atoms with Gasteiger partial charge in [0.15, 0.2) is 5.78 Å². The number of rotatable bonds is 5. The fourth-order valence-electron chi connectivity index (χ4n) is 1.61. The lowest BCUT2D eigenvalue weighted by Crippen LogP contribution is -2.06. The van der Waals surface area contributed by atoms with E-state index in [1.807, 2.05) is 36.4 Å². The number of hydrogen-bond acceptors (Lipinski definition) is 2. The first-order valence-corrected chi connectivity index (χ1v) is 6.02. The lowest BCUT2D eigenvalue weighted by Gasteiger charge is -2.06. The van der Waals surface area contributed by atoms with Gasteiger partial charge >= 0.3 is 0 Å². The molecule has 2 aromatic rings. The third kappa shape index (κ3) is 3.21. The number of alkyl halides is 1. The van der Waals surface area contributed by atoms with E-state index >= 15 is 0 Å². The van der Waals surface area contributed by atoms with Crippen LogP contribution in [-0.2, 0) is 4.79 Å². The zero-order valence-corrected chi connectivity index (χ0v) is 10.1. The summed E-state index contributed by atoms with van der Waals surface area (Å²) in [7, 11) is 0. The van der Waals surface area contributed by atoms with Crippen molar-refractivity contribution >= 4 is 28.2 Å². The summed E-state index contributed by atoms with van der Waals surface area (Å²) in [6.07, 6.45) is 0.357. The number of benzene rings is 2. The minimum atomic E-state index is 0.00690. The zero-order valence-electron chi connectivity index (χ0n) is 9.36. The van der Waals surface area contributed by atoms with Gasteiger partial charge in [-0.05, 0) is 22.9 Å². The minimum absolute atomic E-state index is 0.00690. The Kier molecular flexibility index (Phi) is 3.99. The van der Waals surface area contributed by atoms with Gasteiger partial charge in [0.05, 0.1) is 12.5 Å². The predicted octanol–water partition coefficient (Wildman–Crippen LogP) is 3.42. The SMILES string of the molecule is O=C(CCl)CCOc1ccc2ccccc2c1. The maximum Gasteiger partial charge on any atom is 0.150 e. The largest absolute Gasteiger partial charge is 0.493 e. The van der Waals surface area contributed by atoms with Crippen LogP contribution in [0, 0.1) is 0 Å². The monoisotopic (exact) mass is 248 g/mol. The lowest BCUT2D eigenvalue weighted by molar-refractivity contribution is -0.117. The molecule has 0 saturated carbocycles. The first kappa shape index (κ1) is 11.9. The Labute approximate surface area is 105 Å². The molecule has 3 heteroatoms. The Morgan fingerprint density at radius 2 is 1.88 bits per heavy atom. The van der Waals surface area contributed by atoms with Gasteiger partial charge in [0.1, 0.15) is 5.75 Å². The molecule has 0 saturated heterocycles. The maximum absolute atomic E-state index is 11.0. The highest BCUT2D eigenvalue weighted by Gasteiger charge is 2.01. The highest BCUT2D eigenvalue weighted by atomic mass is 35.5. The first-order valence-electron chi connectivity index (χ1n) is 5.49. The van der Waals surface area contributed by atoms with Crippen LogP contribution in [0.1, 0.15) is 6.42 Å². The molecule has 0 aliphatic heterocycles. The molecule has 0 heterocycles. The molecule has 0 amide bonds. The van der Waals surface area contributed by atoms with E-state index in [4.69, 9.17) is 16.3 Å². The molecule has 88 valence electrons. The molecular formula is C14H13ClO2. The van der Waals surface area contributed by atoms with Crippen molar-refractivity contribution in [3.63, 3.8) is 0 Å². The summed E-state index contributed by atoms with van der Waals surface area (Å²) in [6.45, 7) is 0.379. The second-order valence-corrected chi connectivity index (χ2v) is 4.05. The van der Waals surface area contributed by atoms with E-state index in [1.54, 1.807) is 0 Å². The average molecular weight is 249 g/mol. The van der Waals surface area contributed by atoms with Crippen LogP contribution in [0.25, 0.3) is 10.8 Å². The maximum atomic E-state index is 11.0. The standard InChI is InChI=1S/C14H13ClO2/c15-10-13(16)7-8-17-14-6-5-11-3-1-2-4-12(11)9-14/h1-6,9H,7-8,10H2. The van der Waals surface area contributed by atoms with Crippen molar-refractivity contribution in [3.8, 4) is 5.75 Å². The van der Waals surface area contributed by atoms with Gasteiger partial charge in [-0.1, -0.05) is 30.3 Å². The molecule has 2 nitrogen and oxygen atoms in total. The van der Waals surface area contributed by atoms with Crippen molar-refractivity contribution in [1.82, 2.24) is 0 Å². The molecule has 0 unspecified atom stereocenters. The normalized spacial score (nSPS) is 10.4. The quantitative estimate of drug-likeness (QED) is 0.758. The molecule has 0 aliphatic rings. The number of halogens is 1. The highest BCUT2D eigenvalue weighted by molar-refractivity contribution is 6.27. The van der Waals surface area contributed by atoms with Crippen LogP contribution < -0.4 is 4.74 Å². The van der Waals surface area contributed by atoms with E-state index in [0.29, 0.717) is 13.0 Å². The Balaban J connectivity index is 2.02. The van der Waals surface area contributed by atoms with Crippen molar-refractivity contribution in [2.45, 2.75) is 6.42 Å². The smallest absolute Gasteiger partial charge is 0.150 e. The summed E-state index contributed by atoms with van der Waals surface area (Å²) in [5.74, 6) is 0.847. The van der Waals surface area contributed by atoms with Gasteiger partial charge in [-0.2, -0.15) is 0 Å². The van der Waals surface area contributed by atoms with Crippen molar-refractivity contribution < 1.29 is 9.53 Å². The molecule has 0 spiro atoms.